The Balaban J connectivity index is 1.44. The van der Waals surface area contributed by atoms with E-state index in [2.05, 4.69) is 32.0 Å². The molecule has 0 amide bonds. The number of hydrogen-bond acceptors (Lipinski definition) is 6. The van der Waals surface area contributed by atoms with Gasteiger partial charge >= 0.3 is 0 Å². The molecule has 0 aliphatic heterocycles. The SMILES string of the molecule is [2H][C@@](Nc1cc(Cl)c2ncc(C#N)c(NC3CC(F)(F)C3)c2c1)(c1ccc(F)cc1)c1cn(C2CC2)nn1. The van der Waals surface area contributed by atoms with Crippen LogP contribution in [0.2, 0.25) is 5.02 Å². The topological polar surface area (TPSA) is 91.5 Å². The Labute approximate surface area is 216 Å². The number of nitriles is 1. The lowest BCUT2D eigenvalue weighted by atomic mass is 9.87. The number of rotatable bonds is 7. The van der Waals surface area contributed by atoms with Gasteiger partial charge < -0.3 is 10.6 Å². The lowest BCUT2D eigenvalue weighted by molar-refractivity contribution is -0.0793. The molecule has 6 rings (SSSR count). The van der Waals surface area contributed by atoms with Crippen molar-refractivity contribution in [2.45, 2.75) is 49.7 Å². The van der Waals surface area contributed by atoms with Crippen molar-refractivity contribution in [3.63, 3.8) is 0 Å². The van der Waals surface area contributed by atoms with Crippen LogP contribution in [-0.4, -0.2) is 31.9 Å². The lowest BCUT2D eigenvalue weighted by Crippen LogP contribution is -2.44. The smallest absolute Gasteiger partial charge is 0.252 e. The third kappa shape index (κ3) is 4.67. The number of benzene rings is 2. The van der Waals surface area contributed by atoms with Gasteiger partial charge in [-0.3, -0.25) is 4.98 Å². The molecular formula is C26H21ClF3N7. The van der Waals surface area contributed by atoms with Crippen molar-refractivity contribution in [3.8, 4) is 6.07 Å². The summed E-state index contributed by atoms with van der Waals surface area (Å²) in [4.78, 5) is 4.30. The van der Waals surface area contributed by atoms with Gasteiger partial charge in [0.25, 0.3) is 5.92 Å². The molecule has 7 nitrogen and oxygen atoms in total. The number of halogens is 4. The second-order valence-electron chi connectivity index (χ2n) is 9.44. The van der Waals surface area contributed by atoms with Crippen molar-refractivity contribution in [1.82, 2.24) is 20.0 Å². The van der Waals surface area contributed by atoms with Gasteiger partial charge in [0.05, 0.1) is 41.4 Å². The minimum Gasteiger partial charge on any atom is -0.380 e. The summed E-state index contributed by atoms with van der Waals surface area (Å²) in [5, 5.41) is 25.0. The number of aromatic nitrogens is 4. The molecule has 2 N–H and O–H groups in total. The van der Waals surface area contributed by atoms with Crippen molar-refractivity contribution in [1.29, 1.82) is 5.26 Å². The number of alkyl halides is 2. The highest BCUT2D eigenvalue weighted by Crippen LogP contribution is 2.42. The van der Waals surface area contributed by atoms with Crippen molar-refractivity contribution in [2.75, 3.05) is 10.6 Å². The van der Waals surface area contributed by atoms with E-state index in [-0.39, 0.29) is 29.5 Å². The van der Waals surface area contributed by atoms with E-state index in [9.17, 15) is 19.8 Å². The second-order valence-corrected chi connectivity index (χ2v) is 9.85. The molecule has 0 spiro atoms. The van der Waals surface area contributed by atoms with Crippen molar-refractivity contribution >= 4 is 33.9 Å². The Morgan fingerprint density at radius 2 is 1.97 bits per heavy atom. The van der Waals surface area contributed by atoms with E-state index in [0.29, 0.717) is 33.5 Å². The molecule has 2 aromatic carbocycles. The van der Waals surface area contributed by atoms with E-state index < -0.39 is 23.8 Å². The van der Waals surface area contributed by atoms with Gasteiger partial charge in [0, 0.05) is 36.2 Å². The number of hydrogen-bond donors (Lipinski definition) is 2. The van der Waals surface area contributed by atoms with Crippen LogP contribution in [0.1, 0.15) is 55.9 Å². The van der Waals surface area contributed by atoms with Gasteiger partial charge in [-0.1, -0.05) is 28.9 Å². The van der Waals surface area contributed by atoms with Gasteiger partial charge in [0.1, 0.15) is 17.6 Å². The highest BCUT2D eigenvalue weighted by molar-refractivity contribution is 6.35. The molecule has 2 heterocycles. The highest BCUT2D eigenvalue weighted by Gasteiger charge is 2.45. The molecule has 2 aromatic heterocycles. The predicted octanol–water partition coefficient (Wildman–Crippen LogP) is 6.24. The molecule has 2 aliphatic rings. The van der Waals surface area contributed by atoms with Crippen molar-refractivity contribution in [3.05, 3.63) is 76.5 Å². The summed E-state index contributed by atoms with van der Waals surface area (Å²) in [6.07, 6.45) is 4.32. The Morgan fingerprint density at radius 1 is 1.22 bits per heavy atom. The van der Waals surface area contributed by atoms with Gasteiger partial charge in [-0.2, -0.15) is 5.26 Å². The normalized spacial score (nSPS) is 18.9. The Hall–Kier alpha value is -3.84. The maximum atomic E-state index is 13.7. The molecule has 1 atom stereocenters. The zero-order valence-electron chi connectivity index (χ0n) is 20.3. The minimum absolute atomic E-state index is 0.184. The number of fused-ring (bicyclic) bond motifs is 1. The predicted molar refractivity (Wildman–Crippen MR) is 133 cm³/mol. The van der Waals surface area contributed by atoms with Crippen LogP contribution in [0.3, 0.4) is 0 Å². The Kier molecular flexibility index (Phi) is 5.39. The van der Waals surface area contributed by atoms with Crippen molar-refractivity contribution < 1.29 is 14.5 Å². The Morgan fingerprint density at radius 3 is 2.65 bits per heavy atom. The van der Waals surface area contributed by atoms with Crippen LogP contribution < -0.4 is 10.6 Å². The summed E-state index contributed by atoms with van der Waals surface area (Å²) in [5.74, 6) is -3.19. The van der Waals surface area contributed by atoms with Crippen molar-refractivity contribution in [2.24, 2.45) is 0 Å². The molecule has 0 saturated heterocycles. The van der Waals surface area contributed by atoms with Gasteiger partial charge in [-0.05, 0) is 42.7 Å². The second kappa shape index (κ2) is 8.92. The summed E-state index contributed by atoms with van der Waals surface area (Å²) < 4.78 is 51.9. The molecular weight excluding hydrogens is 503 g/mol. The van der Waals surface area contributed by atoms with Crippen LogP contribution in [0.15, 0.2) is 48.8 Å². The molecule has 2 aliphatic carbocycles. The zero-order valence-corrected chi connectivity index (χ0v) is 20.1. The summed E-state index contributed by atoms with van der Waals surface area (Å²) >= 11 is 6.58. The highest BCUT2D eigenvalue weighted by atomic mass is 35.5. The molecule has 11 heteroatoms. The molecule has 0 radical (unpaired) electrons. The van der Waals surface area contributed by atoms with Gasteiger partial charge in [0.2, 0.25) is 0 Å². The molecule has 2 fully saturated rings. The molecule has 37 heavy (non-hydrogen) atoms. The van der Waals surface area contributed by atoms with E-state index in [1.165, 1.54) is 30.5 Å². The lowest BCUT2D eigenvalue weighted by Gasteiger charge is -2.36. The van der Waals surface area contributed by atoms with E-state index in [1.54, 1.807) is 23.0 Å². The average Bonchev–Trinajstić information content (AvgIpc) is 3.59. The van der Waals surface area contributed by atoms with E-state index >= 15 is 0 Å². The quantitative estimate of drug-likeness (QED) is 0.297. The van der Waals surface area contributed by atoms with Crippen LogP contribution in [0.4, 0.5) is 24.5 Å². The molecule has 2 saturated carbocycles. The van der Waals surface area contributed by atoms with E-state index in [4.69, 9.17) is 11.6 Å². The standard InChI is InChI=1S/C26H21ClF3N7/c27-21-8-17(7-20-23(15(11-31)12-32-25(20)21)34-18-9-26(29,30)10-18)33-24(14-1-3-16(28)4-2-14)22-13-37(36-35-22)19-5-6-19/h1-4,7-8,12-13,18-19,24,33H,5-6,9-10H2,(H,32,34)/t24-/m1/s1/i24D. The number of pyridine rings is 1. The first-order chi connectivity index (χ1) is 18.1. The molecule has 188 valence electrons. The largest absolute Gasteiger partial charge is 0.380 e. The summed E-state index contributed by atoms with van der Waals surface area (Å²) in [6.45, 7) is 0. The zero-order chi connectivity index (χ0) is 26.7. The summed E-state index contributed by atoms with van der Waals surface area (Å²) in [7, 11) is 0. The van der Waals surface area contributed by atoms with Gasteiger partial charge in [-0.15, -0.1) is 5.10 Å². The fraction of sp³-hybridized carbons (Fsp3) is 0.308. The van der Waals surface area contributed by atoms with Crippen LogP contribution >= 0.6 is 11.6 Å². The fourth-order valence-corrected chi connectivity index (χ4v) is 4.76. The van der Waals surface area contributed by atoms with E-state index in [1.807, 2.05) is 0 Å². The third-order valence-corrected chi connectivity index (χ3v) is 6.86. The number of nitrogens with zero attached hydrogens (tertiary/aromatic N) is 5. The maximum absolute atomic E-state index is 13.7. The van der Waals surface area contributed by atoms with Crippen LogP contribution in [0, 0.1) is 17.1 Å². The van der Waals surface area contributed by atoms with Crippen LogP contribution in [0.25, 0.3) is 10.9 Å². The van der Waals surface area contributed by atoms with Gasteiger partial charge in [0.15, 0.2) is 0 Å². The average molecular weight is 525 g/mol. The Bertz CT molecular complexity index is 1570. The summed E-state index contributed by atoms with van der Waals surface area (Å²) in [6, 6.07) is 8.87. The first-order valence-corrected chi connectivity index (χ1v) is 12.2. The minimum atomic E-state index is -2.74. The number of anilines is 2. The fourth-order valence-electron chi connectivity index (χ4n) is 4.49. The van der Waals surface area contributed by atoms with Crippen LogP contribution in [0.5, 0.6) is 0 Å². The third-order valence-electron chi connectivity index (χ3n) is 6.57. The maximum Gasteiger partial charge on any atom is 0.252 e. The van der Waals surface area contributed by atoms with Gasteiger partial charge in [-0.25, -0.2) is 17.9 Å². The molecule has 4 aromatic rings. The first-order valence-electron chi connectivity index (χ1n) is 12.3. The molecule has 0 bridgehead atoms. The monoisotopic (exact) mass is 524 g/mol. The van der Waals surface area contributed by atoms with Crippen LogP contribution in [-0.2, 0) is 0 Å². The van der Waals surface area contributed by atoms with E-state index in [0.717, 1.165) is 12.8 Å². The molecule has 0 unspecified atom stereocenters. The number of nitrogens with one attached hydrogen (secondary N) is 2. The first kappa shape index (κ1) is 22.4. The summed E-state index contributed by atoms with van der Waals surface area (Å²) in [5.41, 5.74) is 2.01.